The van der Waals surface area contributed by atoms with Gasteiger partial charge < -0.3 is 18.9 Å². The molecule has 3 rings (SSSR count). The van der Waals surface area contributed by atoms with Gasteiger partial charge in [0.1, 0.15) is 23.0 Å². The van der Waals surface area contributed by atoms with Gasteiger partial charge >= 0.3 is 0 Å². The van der Waals surface area contributed by atoms with E-state index in [9.17, 15) is 0 Å². The number of hydrogen-bond acceptors (Lipinski definition) is 4. The van der Waals surface area contributed by atoms with Crippen molar-refractivity contribution in [2.75, 3.05) is 26.4 Å². The summed E-state index contributed by atoms with van der Waals surface area (Å²) >= 11 is 0. The second-order valence-electron chi connectivity index (χ2n) is 14.9. The van der Waals surface area contributed by atoms with Crippen molar-refractivity contribution in [2.24, 2.45) is 23.7 Å². The fourth-order valence-electron chi connectivity index (χ4n) is 7.13. The molecule has 0 radical (unpaired) electrons. The monoisotopic (exact) mass is 691 g/mol. The van der Waals surface area contributed by atoms with Crippen LogP contribution in [0.25, 0.3) is 21.5 Å². The number of ether oxygens (including phenoxy) is 4. The molecule has 0 aromatic heterocycles. The van der Waals surface area contributed by atoms with E-state index < -0.39 is 0 Å². The number of fused-ring (bicyclic) bond motifs is 2. The van der Waals surface area contributed by atoms with Crippen LogP contribution in [0.3, 0.4) is 0 Å². The third kappa shape index (κ3) is 12.3. The minimum absolute atomic E-state index is 0.498. The number of benzene rings is 3. The van der Waals surface area contributed by atoms with Crippen molar-refractivity contribution >= 4 is 21.5 Å². The average molecular weight is 691 g/mol. The van der Waals surface area contributed by atoms with E-state index in [1.54, 1.807) is 0 Å². The zero-order chi connectivity index (χ0) is 36.1. The van der Waals surface area contributed by atoms with Crippen LogP contribution in [-0.4, -0.2) is 26.4 Å². The third-order valence-corrected chi connectivity index (χ3v) is 11.0. The Morgan fingerprint density at radius 2 is 0.720 bits per heavy atom. The van der Waals surface area contributed by atoms with Crippen molar-refractivity contribution in [1.82, 2.24) is 0 Å². The van der Waals surface area contributed by atoms with Gasteiger partial charge in [-0.25, -0.2) is 0 Å². The normalized spacial score (nSPS) is 14.1. The molecule has 0 N–H and O–H groups in total. The first-order chi connectivity index (χ1) is 24.5. The lowest BCUT2D eigenvalue weighted by molar-refractivity contribution is 0.225. The summed E-state index contributed by atoms with van der Waals surface area (Å²) in [6.07, 6.45) is 19.0. The Bertz CT molecular complexity index is 1270. The van der Waals surface area contributed by atoms with E-state index in [1.165, 1.54) is 77.0 Å². The lowest BCUT2D eigenvalue weighted by Gasteiger charge is -2.25. The molecule has 0 aliphatic heterocycles. The predicted molar refractivity (Wildman–Crippen MR) is 217 cm³/mol. The summed E-state index contributed by atoms with van der Waals surface area (Å²) < 4.78 is 27.8. The van der Waals surface area contributed by atoms with Gasteiger partial charge in [-0.1, -0.05) is 157 Å². The van der Waals surface area contributed by atoms with Gasteiger partial charge in [-0.2, -0.15) is 0 Å². The molecular formula is C46H74O4. The van der Waals surface area contributed by atoms with Crippen LogP contribution in [0.4, 0.5) is 0 Å². The Kier molecular flexibility index (Phi) is 19.9. The standard InChI is InChI=1S/C46H74O4/c1-9-17-23-35(13-5)31-47-41-29-21-27-39-43(41)46(50-34-38(16-8)26-20-12-4)44-40(45(39)49-33-37(15-7)25-19-11-3)28-22-30-42(44)48-32-36(14-6)24-18-10-2/h21-22,27-30,35-38H,9-20,23-26,31-34H2,1-8H3. The highest BCUT2D eigenvalue weighted by molar-refractivity contribution is 6.15. The first kappa shape index (κ1) is 41.8. The van der Waals surface area contributed by atoms with Crippen LogP contribution in [0, 0.1) is 23.7 Å². The maximum absolute atomic E-state index is 7.10. The van der Waals surface area contributed by atoms with Crippen molar-refractivity contribution in [2.45, 2.75) is 158 Å². The molecule has 50 heavy (non-hydrogen) atoms. The molecule has 0 amide bonds. The van der Waals surface area contributed by atoms with Gasteiger partial charge in [-0.15, -0.1) is 0 Å². The van der Waals surface area contributed by atoms with Gasteiger partial charge in [-0.05, 0) is 61.5 Å². The quantitative estimate of drug-likeness (QED) is 0.0711. The fraction of sp³-hybridized carbons (Fsp3) is 0.696. The van der Waals surface area contributed by atoms with Crippen LogP contribution in [0.15, 0.2) is 36.4 Å². The molecule has 3 aromatic rings. The van der Waals surface area contributed by atoms with Gasteiger partial charge in [0.15, 0.2) is 0 Å². The van der Waals surface area contributed by atoms with Gasteiger partial charge in [0.25, 0.3) is 0 Å². The van der Waals surface area contributed by atoms with Gasteiger partial charge in [0.05, 0.1) is 37.2 Å². The Hall–Kier alpha value is -2.62. The van der Waals surface area contributed by atoms with Crippen molar-refractivity contribution in [3.8, 4) is 23.0 Å². The van der Waals surface area contributed by atoms with Crippen LogP contribution in [0.5, 0.6) is 23.0 Å². The third-order valence-electron chi connectivity index (χ3n) is 11.0. The molecule has 0 fully saturated rings. The average Bonchev–Trinajstić information content (AvgIpc) is 3.15. The molecule has 282 valence electrons. The number of unbranched alkanes of at least 4 members (excludes halogenated alkanes) is 4. The molecule has 0 aliphatic carbocycles. The van der Waals surface area contributed by atoms with E-state index in [0.29, 0.717) is 50.1 Å². The van der Waals surface area contributed by atoms with E-state index in [0.717, 1.165) is 70.2 Å². The second kappa shape index (κ2) is 23.8. The summed E-state index contributed by atoms with van der Waals surface area (Å²) in [6, 6.07) is 13.0. The van der Waals surface area contributed by atoms with E-state index in [-0.39, 0.29) is 0 Å². The Morgan fingerprint density at radius 3 is 1.04 bits per heavy atom. The summed E-state index contributed by atoms with van der Waals surface area (Å²) in [6.45, 7) is 21.1. The molecule has 0 saturated carbocycles. The van der Waals surface area contributed by atoms with Gasteiger partial charge in [0.2, 0.25) is 0 Å². The second-order valence-corrected chi connectivity index (χ2v) is 14.9. The minimum atomic E-state index is 0.498. The fourth-order valence-corrected chi connectivity index (χ4v) is 7.13. The molecule has 0 bridgehead atoms. The summed E-state index contributed by atoms with van der Waals surface area (Å²) in [4.78, 5) is 0. The molecule has 4 nitrogen and oxygen atoms in total. The summed E-state index contributed by atoms with van der Waals surface area (Å²) in [5.41, 5.74) is 0. The van der Waals surface area contributed by atoms with Crippen LogP contribution in [0.2, 0.25) is 0 Å². The number of hydrogen-bond donors (Lipinski definition) is 0. The Morgan fingerprint density at radius 1 is 0.400 bits per heavy atom. The maximum atomic E-state index is 7.10. The molecule has 0 saturated heterocycles. The first-order valence-corrected chi connectivity index (χ1v) is 21.0. The first-order valence-electron chi connectivity index (χ1n) is 21.0. The zero-order valence-corrected chi connectivity index (χ0v) is 33.5. The molecule has 0 spiro atoms. The zero-order valence-electron chi connectivity index (χ0n) is 33.5. The van der Waals surface area contributed by atoms with E-state index in [1.807, 2.05) is 0 Å². The summed E-state index contributed by atoms with van der Waals surface area (Å²) in [5, 5.41) is 4.21. The molecule has 4 atom stereocenters. The molecule has 0 aliphatic rings. The predicted octanol–water partition coefficient (Wildman–Crippen LogP) is 14.4. The van der Waals surface area contributed by atoms with Crippen LogP contribution in [0.1, 0.15) is 158 Å². The van der Waals surface area contributed by atoms with Crippen LogP contribution in [-0.2, 0) is 0 Å². The highest BCUT2D eigenvalue weighted by atomic mass is 16.5. The summed E-state index contributed by atoms with van der Waals surface area (Å²) in [7, 11) is 0. The van der Waals surface area contributed by atoms with Crippen LogP contribution < -0.4 is 18.9 Å². The molecular weight excluding hydrogens is 617 g/mol. The summed E-state index contributed by atoms with van der Waals surface area (Å²) in [5.74, 6) is 5.69. The highest BCUT2D eigenvalue weighted by Crippen LogP contribution is 2.50. The lowest BCUT2D eigenvalue weighted by Crippen LogP contribution is -2.15. The number of rotatable bonds is 28. The maximum Gasteiger partial charge on any atom is 0.142 e. The largest absolute Gasteiger partial charge is 0.493 e. The van der Waals surface area contributed by atoms with Gasteiger partial charge in [0, 0.05) is 10.8 Å². The lowest BCUT2D eigenvalue weighted by atomic mass is 9.97. The highest BCUT2D eigenvalue weighted by Gasteiger charge is 2.25. The Labute approximate surface area is 307 Å². The Balaban J connectivity index is 2.26. The van der Waals surface area contributed by atoms with Crippen molar-refractivity contribution < 1.29 is 18.9 Å². The van der Waals surface area contributed by atoms with Crippen molar-refractivity contribution in [3.63, 3.8) is 0 Å². The SMILES string of the molecule is CCCCC(CC)COc1c2cccc(OCC(CC)CCCC)c2c(OCC(CC)CCCC)c2c(OCC(CC)CCCC)cccc12. The van der Waals surface area contributed by atoms with Crippen molar-refractivity contribution in [3.05, 3.63) is 36.4 Å². The van der Waals surface area contributed by atoms with Crippen LogP contribution >= 0.6 is 0 Å². The smallest absolute Gasteiger partial charge is 0.142 e. The van der Waals surface area contributed by atoms with E-state index >= 15 is 0 Å². The molecule has 3 aromatic carbocycles. The minimum Gasteiger partial charge on any atom is -0.493 e. The van der Waals surface area contributed by atoms with Gasteiger partial charge in [-0.3, -0.25) is 0 Å². The molecule has 4 unspecified atom stereocenters. The molecule has 4 heteroatoms. The van der Waals surface area contributed by atoms with Crippen molar-refractivity contribution in [1.29, 1.82) is 0 Å². The topological polar surface area (TPSA) is 36.9 Å². The van der Waals surface area contributed by atoms with E-state index in [4.69, 9.17) is 18.9 Å². The van der Waals surface area contributed by atoms with E-state index in [2.05, 4.69) is 91.8 Å². The molecule has 0 heterocycles.